The summed E-state index contributed by atoms with van der Waals surface area (Å²) in [6.07, 6.45) is 0.866. The number of nitrogens with one attached hydrogen (secondary N) is 1. The van der Waals surface area contributed by atoms with E-state index in [2.05, 4.69) is 5.43 Å². The number of hydrogen-bond donors (Lipinski definition) is 2. The molecule has 172 valence electrons. The number of carboxylic acids is 1. The Balaban J connectivity index is 2.12. The van der Waals surface area contributed by atoms with Gasteiger partial charge in [0.15, 0.2) is 0 Å². The summed E-state index contributed by atoms with van der Waals surface area (Å²) in [4.78, 5) is 36.5. The SMILES string of the molecule is CCCCOC(=O)OC(=O)[C@H](Cc1ccccc1)N(C)N[C@@H](Cc1ccccc1)C(=O)O. The van der Waals surface area contributed by atoms with E-state index in [0.29, 0.717) is 6.42 Å². The molecule has 0 radical (unpaired) electrons. The summed E-state index contributed by atoms with van der Waals surface area (Å²) in [5, 5.41) is 11.1. The molecular formula is C24H30N2O6. The fraction of sp³-hybridized carbons (Fsp3) is 0.375. The minimum Gasteiger partial charge on any atom is -0.480 e. The number of hydrazine groups is 1. The molecule has 2 aromatic carbocycles. The first-order valence-corrected chi connectivity index (χ1v) is 10.6. The van der Waals surface area contributed by atoms with Crippen LogP contribution >= 0.6 is 0 Å². The third kappa shape index (κ3) is 8.49. The van der Waals surface area contributed by atoms with Gasteiger partial charge in [0.1, 0.15) is 12.1 Å². The van der Waals surface area contributed by atoms with Crippen LogP contribution in [0.4, 0.5) is 4.79 Å². The van der Waals surface area contributed by atoms with Crippen LogP contribution in [-0.4, -0.2) is 53.9 Å². The van der Waals surface area contributed by atoms with Crippen LogP contribution in [0, 0.1) is 0 Å². The first-order valence-electron chi connectivity index (χ1n) is 10.6. The Kier molecular flexibility index (Phi) is 10.4. The van der Waals surface area contributed by atoms with Gasteiger partial charge in [0.25, 0.3) is 0 Å². The molecule has 0 saturated heterocycles. The number of carbonyl (C=O) groups is 3. The number of hydrogen-bond acceptors (Lipinski definition) is 7. The molecule has 0 unspecified atom stereocenters. The molecule has 0 saturated carbocycles. The minimum atomic E-state index is -1.06. The predicted molar refractivity (Wildman–Crippen MR) is 119 cm³/mol. The van der Waals surface area contributed by atoms with Gasteiger partial charge in [-0.25, -0.2) is 20.0 Å². The Morgan fingerprint density at radius 2 is 1.53 bits per heavy atom. The quantitative estimate of drug-likeness (QED) is 0.223. The van der Waals surface area contributed by atoms with Crippen LogP contribution in [0.3, 0.4) is 0 Å². The van der Waals surface area contributed by atoms with Crippen LogP contribution in [0.15, 0.2) is 60.7 Å². The smallest absolute Gasteiger partial charge is 0.480 e. The second kappa shape index (κ2) is 13.2. The Bertz CT molecular complexity index is 859. The molecule has 2 rings (SSSR count). The number of ether oxygens (including phenoxy) is 2. The molecule has 8 heteroatoms. The normalized spacial score (nSPS) is 12.7. The van der Waals surface area contributed by atoms with Crippen LogP contribution in [0.2, 0.25) is 0 Å². The van der Waals surface area contributed by atoms with Crippen molar-refractivity contribution >= 4 is 18.1 Å². The highest BCUT2D eigenvalue weighted by atomic mass is 16.7. The van der Waals surface area contributed by atoms with Gasteiger partial charge in [-0.1, -0.05) is 74.0 Å². The Morgan fingerprint density at radius 3 is 2.06 bits per heavy atom. The lowest BCUT2D eigenvalue weighted by molar-refractivity contribution is -0.150. The van der Waals surface area contributed by atoms with Gasteiger partial charge in [-0.2, -0.15) is 0 Å². The van der Waals surface area contributed by atoms with E-state index < -0.39 is 30.2 Å². The number of likely N-dealkylation sites (N-methyl/N-ethyl adjacent to an activating group) is 1. The second-order valence-corrected chi connectivity index (χ2v) is 7.40. The van der Waals surface area contributed by atoms with Crippen molar-refractivity contribution in [3.05, 3.63) is 71.8 Å². The maximum Gasteiger partial charge on any atom is 0.516 e. The van der Waals surface area contributed by atoms with Crippen molar-refractivity contribution < 1.29 is 29.0 Å². The first-order chi connectivity index (χ1) is 15.4. The van der Waals surface area contributed by atoms with Gasteiger partial charge in [-0.3, -0.25) is 4.79 Å². The molecule has 0 aliphatic rings. The fourth-order valence-electron chi connectivity index (χ4n) is 3.07. The molecule has 0 fully saturated rings. The van der Waals surface area contributed by atoms with Crippen molar-refractivity contribution in [3.8, 4) is 0 Å². The molecule has 0 aromatic heterocycles. The molecular weight excluding hydrogens is 412 g/mol. The molecule has 8 nitrogen and oxygen atoms in total. The monoisotopic (exact) mass is 442 g/mol. The zero-order valence-corrected chi connectivity index (χ0v) is 18.4. The highest BCUT2D eigenvalue weighted by molar-refractivity contribution is 5.85. The van der Waals surface area contributed by atoms with Crippen LogP contribution in [0.25, 0.3) is 0 Å². The lowest BCUT2D eigenvalue weighted by Crippen LogP contribution is -2.55. The van der Waals surface area contributed by atoms with Gasteiger partial charge in [-0.15, -0.1) is 0 Å². The second-order valence-electron chi connectivity index (χ2n) is 7.40. The van der Waals surface area contributed by atoms with Gasteiger partial charge in [-0.05, 0) is 24.0 Å². The number of esters is 1. The van der Waals surface area contributed by atoms with Gasteiger partial charge in [0, 0.05) is 13.5 Å². The number of unbranched alkanes of at least 4 members (excludes halogenated alkanes) is 1. The average Bonchev–Trinajstić information content (AvgIpc) is 2.78. The zero-order chi connectivity index (χ0) is 23.3. The number of benzene rings is 2. The average molecular weight is 443 g/mol. The van der Waals surface area contributed by atoms with Crippen molar-refractivity contribution in [2.45, 2.75) is 44.7 Å². The molecule has 0 aliphatic carbocycles. The Labute approximate surface area is 188 Å². The van der Waals surface area contributed by atoms with Crippen LogP contribution in [-0.2, 0) is 31.9 Å². The van der Waals surface area contributed by atoms with Gasteiger partial charge in [0.05, 0.1) is 6.61 Å². The standard InChI is InChI=1S/C24H30N2O6/c1-3-4-15-31-24(30)32-23(29)21(17-19-13-9-6-10-14-19)26(2)25-20(22(27)28)16-18-11-7-5-8-12-18/h5-14,20-21,25H,3-4,15-17H2,1-2H3,(H,27,28)/t20-,21-/m0/s1. The molecule has 2 aromatic rings. The summed E-state index contributed by atoms with van der Waals surface area (Å²) in [5.41, 5.74) is 4.54. The number of nitrogens with zero attached hydrogens (tertiary/aromatic N) is 1. The molecule has 2 atom stereocenters. The number of rotatable bonds is 12. The molecule has 0 aliphatic heterocycles. The van der Waals surface area contributed by atoms with Crippen molar-refractivity contribution in [3.63, 3.8) is 0 Å². The molecule has 2 N–H and O–H groups in total. The maximum atomic E-state index is 12.8. The highest BCUT2D eigenvalue weighted by Gasteiger charge is 2.31. The molecule has 0 heterocycles. The number of carbonyl (C=O) groups excluding carboxylic acids is 2. The summed E-state index contributed by atoms with van der Waals surface area (Å²) >= 11 is 0. The van der Waals surface area contributed by atoms with E-state index >= 15 is 0 Å². The van der Waals surface area contributed by atoms with Crippen molar-refractivity contribution in [2.24, 2.45) is 0 Å². The summed E-state index contributed by atoms with van der Waals surface area (Å²) in [5.74, 6) is -1.89. The summed E-state index contributed by atoms with van der Waals surface area (Å²) in [6.45, 7) is 2.11. The number of aliphatic carboxylic acids is 1. The number of carboxylic acid groups (broad SMARTS) is 1. The molecule has 32 heavy (non-hydrogen) atoms. The van der Waals surface area contributed by atoms with E-state index in [-0.39, 0.29) is 19.4 Å². The fourth-order valence-corrected chi connectivity index (χ4v) is 3.07. The zero-order valence-electron chi connectivity index (χ0n) is 18.4. The Hall–Kier alpha value is -3.23. The van der Waals surface area contributed by atoms with E-state index in [1.165, 1.54) is 5.01 Å². The van der Waals surface area contributed by atoms with E-state index in [1.54, 1.807) is 7.05 Å². The van der Waals surface area contributed by atoms with Crippen molar-refractivity contribution in [1.29, 1.82) is 0 Å². The molecule has 0 spiro atoms. The summed E-state index contributed by atoms with van der Waals surface area (Å²) in [6, 6.07) is 16.4. The highest BCUT2D eigenvalue weighted by Crippen LogP contribution is 2.11. The first kappa shape index (κ1) is 25.0. The summed E-state index contributed by atoms with van der Waals surface area (Å²) < 4.78 is 9.80. The topological polar surface area (TPSA) is 105 Å². The third-order valence-corrected chi connectivity index (χ3v) is 4.85. The van der Waals surface area contributed by atoms with Crippen LogP contribution in [0.5, 0.6) is 0 Å². The van der Waals surface area contributed by atoms with E-state index in [4.69, 9.17) is 9.47 Å². The van der Waals surface area contributed by atoms with Gasteiger partial charge >= 0.3 is 18.1 Å². The minimum absolute atomic E-state index is 0.165. The maximum absolute atomic E-state index is 12.8. The van der Waals surface area contributed by atoms with Crippen molar-refractivity contribution in [2.75, 3.05) is 13.7 Å². The lowest BCUT2D eigenvalue weighted by atomic mass is 10.0. The molecule has 0 amide bonds. The van der Waals surface area contributed by atoms with Crippen LogP contribution < -0.4 is 5.43 Å². The lowest BCUT2D eigenvalue weighted by Gasteiger charge is -2.29. The van der Waals surface area contributed by atoms with E-state index in [9.17, 15) is 19.5 Å². The predicted octanol–water partition coefficient (Wildman–Crippen LogP) is 3.21. The molecule has 0 bridgehead atoms. The third-order valence-electron chi connectivity index (χ3n) is 4.85. The van der Waals surface area contributed by atoms with E-state index in [0.717, 1.165) is 17.5 Å². The van der Waals surface area contributed by atoms with Gasteiger partial charge < -0.3 is 14.6 Å². The summed E-state index contributed by atoms with van der Waals surface area (Å²) in [7, 11) is 1.55. The Morgan fingerprint density at radius 1 is 0.969 bits per heavy atom. The van der Waals surface area contributed by atoms with Crippen molar-refractivity contribution in [1.82, 2.24) is 10.4 Å². The van der Waals surface area contributed by atoms with E-state index in [1.807, 2.05) is 67.6 Å². The van der Waals surface area contributed by atoms with Gasteiger partial charge in [0.2, 0.25) is 0 Å². The largest absolute Gasteiger partial charge is 0.516 e. The van der Waals surface area contributed by atoms with Crippen LogP contribution in [0.1, 0.15) is 30.9 Å².